The summed E-state index contributed by atoms with van der Waals surface area (Å²) in [5.74, 6) is 0.207. The lowest BCUT2D eigenvalue weighted by molar-refractivity contribution is -0.116. The fraction of sp³-hybridized carbons (Fsp3) is 0.154. The lowest BCUT2D eigenvalue weighted by Crippen LogP contribution is -2.16. The molecule has 19 heavy (non-hydrogen) atoms. The Morgan fingerprint density at radius 2 is 1.89 bits per heavy atom. The molecule has 0 saturated heterocycles. The highest BCUT2D eigenvalue weighted by Crippen LogP contribution is 2.11. The zero-order chi connectivity index (χ0) is 13.5. The molecule has 2 aromatic rings. The topological polar surface area (TPSA) is 64.1 Å². The Bertz CT molecular complexity index is 531. The molecule has 0 aliphatic carbocycles. The van der Waals surface area contributed by atoms with Crippen LogP contribution >= 0.6 is 0 Å². The minimum absolute atomic E-state index is 0.162. The van der Waals surface area contributed by atoms with Crippen LogP contribution < -0.4 is 10.1 Å². The van der Waals surface area contributed by atoms with Crippen molar-refractivity contribution < 1.29 is 13.9 Å². The van der Waals surface area contributed by atoms with E-state index in [2.05, 4.69) is 15.3 Å². The highest BCUT2D eigenvalue weighted by atomic mass is 19.1. The van der Waals surface area contributed by atoms with E-state index in [1.165, 1.54) is 36.7 Å². The van der Waals surface area contributed by atoms with Crippen LogP contribution in [0.25, 0.3) is 0 Å². The quantitative estimate of drug-likeness (QED) is 0.894. The second-order valence-electron chi connectivity index (χ2n) is 3.67. The maximum absolute atomic E-state index is 12.6. The number of nitrogens with zero attached hydrogens (tertiary/aromatic N) is 2. The lowest BCUT2D eigenvalue weighted by Gasteiger charge is -2.06. The Morgan fingerprint density at radius 3 is 2.58 bits per heavy atom. The van der Waals surface area contributed by atoms with Crippen molar-refractivity contribution in [3.63, 3.8) is 0 Å². The molecule has 0 fully saturated rings. The number of anilines is 1. The predicted molar refractivity (Wildman–Crippen MR) is 67.2 cm³/mol. The molecule has 0 spiro atoms. The van der Waals surface area contributed by atoms with E-state index in [0.717, 1.165) is 0 Å². The molecule has 5 nitrogen and oxygen atoms in total. The third-order valence-electron chi connectivity index (χ3n) is 2.23. The number of nitrogens with one attached hydrogen (secondary N) is 1. The first-order chi connectivity index (χ1) is 9.24. The van der Waals surface area contributed by atoms with Gasteiger partial charge >= 0.3 is 0 Å². The molecule has 98 valence electrons. The standard InChI is InChI=1S/C13H12FN3O2/c14-10-2-4-11(5-3-10)19-9-6-12(18)17-13-15-7-1-8-16-13/h1-5,7-8H,6,9H2,(H,15,16,17,18). The molecule has 0 unspecified atom stereocenters. The normalized spacial score (nSPS) is 9.95. The summed E-state index contributed by atoms with van der Waals surface area (Å²) in [6, 6.07) is 7.27. The molecular weight excluding hydrogens is 249 g/mol. The minimum Gasteiger partial charge on any atom is -0.493 e. The van der Waals surface area contributed by atoms with Gasteiger partial charge in [-0.2, -0.15) is 0 Å². The Morgan fingerprint density at radius 1 is 1.21 bits per heavy atom. The third kappa shape index (κ3) is 4.34. The Balaban J connectivity index is 1.74. The summed E-state index contributed by atoms with van der Waals surface area (Å²) in [7, 11) is 0. The second kappa shape index (κ2) is 6.44. The molecule has 1 aromatic carbocycles. The maximum atomic E-state index is 12.6. The zero-order valence-corrected chi connectivity index (χ0v) is 10.0. The number of hydrogen-bond donors (Lipinski definition) is 1. The predicted octanol–water partition coefficient (Wildman–Crippen LogP) is 2.02. The average Bonchev–Trinajstić information content (AvgIpc) is 2.42. The number of benzene rings is 1. The van der Waals surface area contributed by atoms with Gasteiger partial charge in [-0.05, 0) is 30.3 Å². The molecule has 1 amide bonds. The van der Waals surface area contributed by atoms with E-state index in [1.807, 2.05) is 0 Å². The van der Waals surface area contributed by atoms with Crippen molar-refractivity contribution >= 4 is 11.9 Å². The first-order valence-corrected chi connectivity index (χ1v) is 5.69. The summed E-state index contributed by atoms with van der Waals surface area (Å²) in [6.45, 7) is 0.199. The third-order valence-corrected chi connectivity index (χ3v) is 2.23. The largest absolute Gasteiger partial charge is 0.493 e. The molecular formula is C13H12FN3O2. The SMILES string of the molecule is O=C(CCOc1ccc(F)cc1)Nc1ncccn1. The van der Waals surface area contributed by atoms with Gasteiger partial charge in [0.05, 0.1) is 13.0 Å². The number of halogens is 1. The highest BCUT2D eigenvalue weighted by Gasteiger charge is 2.04. The van der Waals surface area contributed by atoms with Crippen molar-refractivity contribution in [2.75, 3.05) is 11.9 Å². The molecule has 0 atom stereocenters. The molecule has 0 aliphatic heterocycles. The Hall–Kier alpha value is -2.50. The fourth-order valence-corrected chi connectivity index (χ4v) is 1.34. The number of amides is 1. The second-order valence-corrected chi connectivity index (χ2v) is 3.67. The molecule has 0 bridgehead atoms. The molecule has 0 saturated carbocycles. The van der Waals surface area contributed by atoms with Gasteiger partial charge in [0.2, 0.25) is 11.9 Å². The lowest BCUT2D eigenvalue weighted by atomic mass is 10.3. The van der Waals surface area contributed by atoms with Gasteiger partial charge in [-0.15, -0.1) is 0 Å². The summed E-state index contributed by atoms with van der Waals surface area (Å²) < 4.78 is 17.9. The van der Waals surface area contributed by atoms with E-state index in [1.54, 1.807) is 6.07 Å². The summed E-state index contributed by atoms with van der Waals surface area (Å²) in [6.07, 6.45) is 3.24. The summed E-state index contributed by atoms with van der Waals surface area (Å²) >= 11 is 0. The monoisotopic (exact) mass is 261 g/mol. The van der Waals surface area contributed by atoms with Gasteiger partial charge in [-0.25, -0.2) is 14.4 Å². The van der Waals surface area contributed by atoms with Crippen LogP contribution in [0, 0.1) is 5.82 Å². The first kappa shape index (κ1) is 12.9. The maximum Gasteiger partial charge on any atom is 0.230 e. The average molecular weight is 261 g/mol. The number of ether oxygens (including phenoxy) is 1. The van der Waals surface area contributed by atoms with Crippen LogP contribution in [0.15, 0.2) is 42.7 Å². The van der Waals surface area contributed by atoms with Crippen LogP contribution in [0.4, 0.5) is 10.3 Å². The number of carbonyl (C=O) groups is 1. The molecule has 0 radical (unpaired) electrons. The van der Waals surface area contributed by atoms with Gasteiger partial charge in [0.15, 0.2) is 0 Å². The van der Waals surface area contributed by atoms with Gasteiger partial charge in [0.25, 0.3) is 0 Å². The van der Waals surface area contributed by atoms with Crippen molar-refractivity contribution in [1.82, 2.24) is 9.97 Å². The van der Waals surface area contributed by atoms with Crippen LogP contribution in [0.3, 0.4) is 0 Å². The summed E-state index contributed by atoms with van der Waals surface area (Å²) in [4.78, 5) is 19.3. The number of aromatic nitrogens is 2. The van der Waals surface area contributed by atoms with E-state index in [4.69, 9.17) is 4.74 Å². The minimum atomic E-state index is -0.327. The van der Waals surface area contributed by atoms with Gasteiger partial charge in [0.1, 0.15) is 11.6 Å². The Kier molecular flexibility index (Phi) is 4.39. The van der Waals surface area contributed by atoms with E-state index in [-0.39, 0.29) is 30.7 Å². The van der Waals surface area contributed by atoms with Crippen molar-refractivity contribution in [2.45, 2.75) is 6.42 Å². The van der Waals surface area contributed by atoms with Crippen LogP contribution in [-0.4, -0.2) is 22.5 Å². The van der Waals surface area contributed by atoms with Crippen LogP contribution in [0.5, 0.6) is 5.75 Å². The fourth-order valence-electron chi connectivity index (χ4n) is 1.34. The van der Waals surface area contributed by atoms with Gasteiger partial charge in [-0.3, -0.25) is 10.1 Å². The Labute approximate surface area is 109 Å². The van der Waals surface area contributed by atoms with Crippen LogP contribution in [0.1, 0.15) is 6.42 Å². The van der Waals surface area contributed by atoms with Crippen molar-refractivity contribution in [1.29, 1.82) is 0 Å². The van der Waals surface area contributed by atoms with Gasteiger partial charge in [-0.1, -0.05) is 0 Å². The molecule has 1 N–H and O–H groups in total. The van der Waals surface area contributed by atoms with Crippen LogP contribution in [0.2, 0.25) is 0 Å². The van der Waals surface area contributed by atoms with Crippen molar-refractivity contribution in [3.05, 3.63) is 48.5 Å². The van der Waals surface area contributed by atoms with Crippen LogP contribution in [-0.2, 0) is 4.79 Å². The van der Waals surface area contributed by atoms with Gasteiger partial charge < -0.3 is 4.74 Å². The molecule has 0 aliphatic rings. The van der Waals surface area contributed by atoms with Crippen molar-refractivity contribution in [3.8, 4) is 5.75 Å². The summed E-state index contributed by atoms with van der Waals surface area (Å²) in [5.41, 5.74) is 0. The molecule has 1 heterocycles. The number of hydrogen-bond acceptors (Lipinski definition) is 4. The van der Waals surface area contributed by atoms with E-state index in [0.29, 0.717) is 5.75 Å². The highest BCUT2D eigenvalue weighted by molar-refractivity contribution is 5.88. The van der Waals surface area contributed by atoms with Gasteiger partial charge in [0, 0.05) is 12.4 Å². The molecule has 1 aromatic heterocycles. The molecule has 2 rings (SSSR count). The number of rotatable bonds is 5. The van der Waals surface area contributed by atoms with E-state index < -0.39 is 0 Å². The van der Waals surface area contributed by atoms with E-state index in [9.17, 15) is 9.18 Å². The first-order valence-electron chi connectivity index (χ1n) is 5.69. The van der Waals surface area contributed by atoms with Crippen molar-refractivity contribution in [2.24, 2.45) is 0 Å². The zero-order valence-electron chi connectivity index (χ0n) is 10.0. The van der Waals surface area contributed by atoms with E-state index >= 15 is 0 Å². The summed E-state index contributed by atoms with van der Waals surface area (Å²) in [5, 5.41) is 2.54. The molecule has 6 heteroatoms. The number of carbonyl (C=O) groups excluding carboxylic acids is 1. The smallest absolute Gasteiger partial charge is 0.230 e.